The molecule has 3 nitrogen and oxygen atoms in total. The van der Waals surface area contributed by atoms with Gasteiger partial charge in [0.2, 0.25) is 5.91 Å². The zero-order valence-electron chi connectivity index (χ0n) is 10.8. The van der Waals surface area contributed by atoms with Gasteiger partial charge in [-0.15, -0.1) is 0 Å². The van der Waals surface area contributed by atoms with Crippen molar-refractivity contribution in [3.63, 3.8) is 0 Å². The fourth-order valence-corrected chi connectivity index (χ4v) is 1.07. The summed E-state index contributed by atoms with van der Waals surface area (Å²) in [6, 6.07) is 0.547. The second-order valence-corrected chi connectivity index (χ2v) is 4.79. The lowest BCUT2D eigenvalue weighted by atomic mass is 10.1. The molecule has 0 bridgehead atoms. The second kappa shape index (κ2) is 7.69. The van der Waals surface area contributed by atoms with Gasteiger partial charge in [0, 0.05) is 18.5 Å². The lowest BCUT2D eigenvalue weighted by Crippen LogP contribution is -2.34. The van der Waals surface area contributed by atoms with Crippen LogP contribution in [0, 0.1) is 11.8 Å². The lowest BCUT2D eigenvalue weighted by molar-refractivity contribution is -0.123. The van der Waals surface area contributed by atoms with Crippen molar-refractivity contribution < 1.29 is 4.79 Å². The second-order valence-electron chi connectivity index (χ2n) is 4.79. The summed E-state index contributed by atoms with van der Waals surface area (Å²) in [6.45, 7) is 12.2. The molecule has 0 fully saturated rings. The first-order valence-corrected chi connectivity index (χ1v) is 5.96. The summed E-state index contributed by atoms with van der Waals surface area (Å²) in [7, 11) is 0. The average Bonchev–Trinajstić information content (AvgIpc) is 2.16. The van der Waals surface area contributed by atoms with E-state index in [1.807, 2.05) is 13.8 Å². The van der Waals surface area contributed by atoms with Gasteiger partial charge in [0.15, 0.2) is 0 Å². The molecule has 90 valence electrons. The Morgan fingerprint density at radius 1 is 1.07 bits per heavy atom. The van der Waals surface area contributed by atoms with E-state index in [-0.39, 0.29) is 11.8 Å². The molecule has 0 aliphatic rings. The molecule has 0 radical (unpaired) electrons. The highest BCUT2D eigenvalue weighted by molar-refractivity contribution is 5.77. The maximum atomic E-state index is 11.2. The van der Waals surface area contributed by atoms with E-state index in [1.54, 1.807) is 0 Å². The van der Waals surface area contributed by atoms with Crippen LogP contribution in [0.15, 0.2) is 0 Å². The highest BCUT2D eigenvalue weighted by atomic mass is 16.1. The van der Waals surface area contributed by atoms with Crippen LogP contribution >= 0.6 is 0 Å². The number of amides is 1. The molecule has 0 saturated carbocycles. The third-order valence-corrected chi connectivity index (χ3v) is 2.64. The van der Waals surface area contributed by atoms with Crippen molar-refractivity contribution in [1.29, 1.82) is 0 Å². The third kappa shape index (κ3) is 7.37. The van der Waals surface area contributed by atoms with Gasteiger partial charge in [-0.25, -0.2) is 0 Å². The van der Waals surface area contributed by atoms with Crippen molar-refractivity contribution >= 4 is 5.91 Å². The van der Waals surface area contributed by atoms with Gasteiger partial charge in [-0.2, -0.15) is 0 Å². The molecule has 0 aliphatic carbocycles. The zero-order valence-corrected chi connectivity index (χ0v) is 10.8. The average molecular weight is 214 g/mol. The van der Waals surface area contributed by atoms with E-state index < -0.39 is 0 Å². The molecule has 0 aromatic heterocycles. The van der Waals surface area contributed by atoms with Gasteiger partial charge < -0.3 is 10.6 Å². The van der Waals surface area contributed by atoms with Crippen LogP contribution in [0.3, 0.4) is 0 Å². The SMILES string of the molecule is CC(C)C(=O)NCCCNC(C)C(C)C. The molecule has 0 heterocycles. The summed E-state index contributed by atoms with van der Waals surface area (Å²) in [5.41, 5.74) is 0. The minimum absolute atomic E-state index is 0.0903. The van der Waals surface area contributed by atoms with Crippen molar-refractivity contribution in [2.24, 2.45) is 11.8 Å². The molecule has 0 aliphatic heterocycles. The Morgan fingerprint density at radius 2 is 1.67 bits per heavy atom. The molecule has 0 spiro atoms. The van der Waals surface area contributed by atoms with Crippen molar-refractivity contribution in [1.82, 2.24) is 10.6 Å². The minimum atomic E-state index is 0.0903. The van der Waals surface area contributed by atoms with Gasteiger partial charge in [-0.1, -0.05) is 27.7 Å². The molecule has 3 heteroatoms. The Hall–Kier alpha value is -0.570. The fourth-order valence-electron chi connectivity index (χ4n) is 1.07. The van der Waals surface area contributed by atoms with Gasteiger partial charge in [-0.05, 0) is 25.8 Å². The van der Waals surface area contributed by atoms with E-state index in [9.17, 15) is 4.79 Å². The van der Waals surface area contributed by atoms with E-state index >= 15 is 0 Å². The van der Waals surface area contributed by atoms with Crippen molar-refractivity contribution in [2.75, 3.05) is 13.1 Å². The van der Waals surface area contributed by atoms with Crippen LogP contribution in [0.2, 0.25) is 0 Å². The predicted molar refractivity (Wildman–Crippen MR) is 64.8 cm³/mol. The molecule has 0 saturated heterocycles. The van der Waals surface area contributed by atoms with Crippen LogP contribution in [-0.4, -0.2) is 25.0 Å². The van der Waals surface area contributed by atoms with Gasteiger partial charge in [0.25, 0.3) is 0 Å². The summed E-state index contributed by atoms with van der Waals surface area (Å²) in [5, 5.41) is 6.34. The normalized spacial score (nSPS) is 13.3. The topological polar surface area (TPSA) is 41.1 Å². The zero-order chi connectivity index (χ0) is 11.8. The first kappa shape index (κ1) is 14.4. The van der Waals surface area contributed by atoms with Gasteiger partial charge >= 0.3 is 0 Å². The highest BCUT2D eigenvalue weighted by Crippen LogP contribution is 1.99. The Kier molecular flexibility index (Phi) is 7.39. The van der Waals surface area contributed by atoms with Crippen LogP contribution in [0.1, 0.15) is 41.0 Å². The standard InChI is InChI=1S/C12H26N2O/c1-9(2)11(5)13-7-6-8-14-12(15)10(3)4/h9-11,13H,6-8H2,1-5H3,(H,14,15). The number of carbonyl (C=O) groups is 1. The van der Waals surface area contributed by atoms with Crippen LogP contribution in [-0.2, 0) is 4.79 Å². The molecule has 0 aromatic rings. The number of carbonyl (C=O) groups excluding carboxylic acids is 1. The minimum Gasteiger partial charge on any atom is -0.356 e. The van der Waals surface area contributed by atoms with E-state index in [4.69, 9.17) is 0 Å². The highest BCUT2D eigenvalue weighted by Gasteiger charge is 2.06. The van der Waals surface area contributed by atoms with Crippen molar-refractivity contribution in [3.8, 4) is 0 Å². The van der Waals surface area contributed by atoms with Crippen molar-refractivity contribution in [3.05, 3.63) is 0 Å². The Morgan fingerprint density at radius 3 is 2.13 bits per heavy atom. The van der Waals surface area contributed by atoms with Gasteiger partial charge in [-0.3, -0.25) is 4.79 Å². The maximum Gasteiger partial charge on any atom is 0.222 e. The molecule has 0 rings (SSSR count). The fraction of sp³-hybridized carbons (Fsp3) is 0.917. The summed E-state index contributed by atoms with van der Waals surface area (Å²) in [4.78, 5) is 11.2. The molecular formula is C12H26N2O. The number of nitrogens with one attached hydrogen (secondary N) is 2. The molecule has 1 atom stereocenters. The van der Waals surface area contributed by atoms with Gasteiger partial charge in [0.05, 0.1) is 0 Å². The summed E-state index contributed by atoms with van der Waals surface area (Å²) in [5.74, 6) is 0.898. The largest absolute Gasteiger partial charge is 0.356 e. The third-order valence-electron chi connectivity index (χ3n) is 2.64. The summed E-state index contributed by atoms with van der Waals surface area (Å²) < 4.78 is 0. The molecule has 0 aromatic carbocycles. The van der Waals surface area contributed by atoms with Crippen molar-refractivity contribution in [2.45, 2.75) is 47.1 Å². The number of rotatable bonds is 7. The molecular weight excluding hydrogens is 188 g/mol. The summed E-state index contributed by atoms with van der Waals surface area (Å²) in [6.07, 6.45) is 0.996. The smallest absolute Gasteiger partial charge is 0.222 e. The molecule has 2 N–H and O–H groups in total. The van der Waals surface area contributed by atoms with E-state index in [2.05, 4.69) is 31.4 Å². The summed E-state index contributed by atoms with van der Waals surface area (Å²) >= 11 is 0. The number of hydrogen-bond donors (Lipinski definition) is 2. The van der Waals surface area contributed by atoms with E-state index in [0.29, 0.717) is 12.0 Å². The first-order valence-electron chi connectivity index (χ1n) is 5.96. The monoisotopic (exact) mass is 214 g/mol. The van der Waals surface area contributed by atoms with Gasteiger partial charge in [0.1, 0.15) is 0 Å². The Labute approximate surface area is 94.0 Å². The van der Waals surface area contributed by atoms with Crippen LogP contribution in [0.25, 0.3) is 0 Å². The maximum absolute atomic E-state index is 11.2. The quantitative estimate of drug-likeness (QED) is 0.634. The Balaban J connectivity index is 3.36. The van der Waals surface area contributed by atoms with Crippen LogP contribution < -0.4 is 10.6 Å². The molecule has 1 unspecified atom stereocenters. The first-order chi connectivity index (χ1) is 6.95. The Bertz CT molecular complexity index is 178. The number of hydrogen-bond acceptors (Lipinski definition) is 2. The van der Waals surface area contributed by atoms with Crippen LogP contribution in [0.5, 0.6) is 0 Å². The van der Waals surface area contributed by atoms with E-state index in [0.717, 1.165) is 19.5 Å². The lowest BCUT2D eigenvalue weighted by Gasteiger charge is -2.17. The van der Waals surface area contributed by atoms with Crippen LogP contribution in [0.4, 0.5) is 0 Å². The van der Waals surface area contributed by atoms with E-state index in [1.165, 1.54) is 0 Å². The molecule has 1 amide bonds. The molecule has 15 heavy (non-hydrogen) atoms. The predicted octanol–water partition coefficient (Wildman–Crippen LogP) is 1.78.